The largest absolute Gasteiger partial charge is 0.380 e. The molecule has 106 valence electrons. The predicted molar refractivity (Wildman–Crippen MR) is 78.4 cm³/mol. The molecule has 1 aromatic heterocycles. The van der Waals surface area contributed by atoms with Crippen LogP contribution in [0.25, 0.3) is 11.4 Å². The highest BCUT2D eigenvalue weighted by Gasteiger charge is 2.37. The third-order valence-electron chi connectivity index (χ3n) is 3.43. The van der Waals surface area contributed by atoms with Crippen LogP contribution >= 0.6 is 27.5 Å². The molecule has 1 aliphatic heterocycles. The summed E-state index contributed by atoms with van der Waals surface area (Å²) in [6.07, 6.45) is 1.14. The Morgan fingerprint density at radius 2 is 2.10 bits per heavy atom. The van der Waals surface area contributed by atoms with Crippen LogP contribution in [-0.4, -0.2) is 28.3 Å². The van der Waals surface area contributed by atoms with Gasteiger partial charge in [0.05, 0.1) is 5.02 Å². The molecule has 5 nitrogen and oxygen atoms in total. The van der Waals surface area contributed by atoms with Crippen molar-refractivity contribution in [3.63, 3.8) is 0 Å². The molecule has 0 atom stereocenters. The number of nitrogens with zero attached hydrogens (tertiary/aromatic N) is 2. The molecule has 3 rings (SSSR count). The minimum absolute atomic E-state index is 0.278. The van der Waals surface area contributed by atoms with Crippen LogP contribution in [0.5, 0.6) is 0 Å². The second kappa shape index (κ2) is 5.44. The standard InChI is InChI=1S/C13H13BrClN3O2/c14-9-7-8(1-2-10(9)15)11-17-12(20-18-11)13(19)3-5-16-6-4-13/h1-2,7,16,19H,3-6H2. The first-order valence-electron chi connectivity index (χ1n) is 6.31. The molecule has 7 heteroatoms. The van der Waals surface area contributed by atoms with Crippen LogP contribution in [0.15, 0.2) is 27.2 Å². The number of benzene rings is 1. The smallest absolute Gasteiger partial charge is 0.259 e. The number of nitrogens with one attached hydrogen (secondary N) is 1. The van der Waals surface area contributed by atoms with Gasteiger partial charge in [-0.05, 0) is 60.1 Å². The first-order chi connectivity index (χ1) is 9.58. The molecule has 2 heterocycles. The van der Waals surface area contributed by atoms with Gasteiger partial charge in [0.25, 0.3) is 5.89 Å². The van der Waals surface area contributed by atoms with Gasteiger partial charge in [0.2, 0.25) is 5.82 Å². The van der Waals surface area contributed by atoms with E-state index in [4.69, 9.17) is 16.1 Å². The van der Waals surface area contributed by atoms with E-state index in [0.717, 1.165) is 23.1 Å². The Kier molecular flexibility index (Phi) is 3.81. The van der Waals surface area contributed by atoms with E-state index in [1.807, 2.05) is 12.1 Å². The quantitative estimate of drug-likeness (QED) is 0.864. The van der Waals surface area contributed by atoms with Gasteiger partial charge in [-0.25, -0.2) is 0 Å². The third-order valence-corrected chi connectivity index (χ3v) is 4.65. The molecule has 0 radical (unpaired) electrons. The van der Waals surface area contributed by atoms with Crippen molar-refractivity contribution in [2.45, 2.75) is 18.4 Å². The predicted octanol–water partition coefficient (Wildman–Crippen LogP) is 2.72. The summed E-state index contributed by atoms with van der Waals surface area (Å²) in [5.41, 5.74) is -0.242. The van der Waals surface area contributed by atoms with Gasteiger partial charge in [-0.15, -0.1) is 0 Å². The van der Waals surface area contributed by atoms with E-state index in [2.05, 4.69) is 31.4 Å². The number of piperidine rings is 1. The summed E-state index contributed by atoms with van der Waals surface area (Å²) >= 11 is 9.32. The first-order valence-corrected chi connectivity index (χ1v) is 7.48. The van der Waals surface area contributed by atoms with Crippen LogP contribution < -0.4 is 5.32 Å². The lowest BCUT2D eigenvalue weighted by molar-refractivity contribution is -0.0228. The van der Waals surface area contributed by atoms with Crippen LogP contribution in [0, 0.1) is 0 Å². The van der Waals surface area contributed by atoms with Crippen molar-refractivity contribution in [3.8, 4) is 11.4 Å². The highest BCUT2D eigenvalue weighted by molar-refractivity contribution is 9.10. The highest BCUT2D eigenvalue weighted by atomic mass is 79.9. The van der Waals surface area contributed by atoms with Crippen molar-refractivity contribution in [2.75, 3.05) is 13.1 Å². The Hall–Kier alpha value is -0.950. The molecule has 1 fully saturated rings. The average molecular weight is 359 g/mol. The Balaban J connectivity index is 1.91. The topological polar surface area (TPSA) is 71.2 Å². The van der Waals surface area contributed by atoms with Crippen molar-refractivity contribution in [2.24, 2.45) is 0 Å². The van der Waals surface area contributed by atoms with Crippen molar-refractivity contribution in [1.82, 2.24) is 15.5 Å². The Morgan fingerprint density at radius 3 is 2.80 bits per heavy atom. The monoisotopic (exact) mass is 357 g/mol. The molecule has 1 aliphatic rings. The Bertz CT molecular complexity index is 626. The molecule has 2 aromatic rings. The van der Waals surface area contributed by atoms with E-state index in [9.17, 15) is 5.11 Å². The summed E-state index contributed by atoms with van der Waals surface area (Å²) in [4.78, 5) is 4.33. The molecule has 0 aliphatic carbocycles. The summed E-state index contributed by atoms with van der Waals surface area (Å²) in [5.74, 6) is 0.726. The average Bonchev–Trinajstić information content (AvgIpc) is 2.93. The molecule has 1 saturated heterocycles. The minimum atomic E-state index is -1.03. The van der Waals surface area contributed by atoms with E-state index in [0.29, 0.717) is 23.7 Å². The maximum atomic E-state index is 10.5. The third kappa shape index (κ3) is 2.61. The zero-order valence-corrected chi connectivity index (χ0v) is 12.9. The van der Waals surface area contributed by atoms with E-state index >= 15 is 0 Å². The van der Waals surface area contributed by atoms with Crippen molar-refractivity contribution >= 4 is 27.5 Å². The molecule has 2 N–H and O–H groups in total. The van der Waals surface area contributed by atoms with Gasteiger partial charge in [-0.1, -0.05) is 16.8 Å². The van der Waals surface area contributed by atoms with Gasteiger partial charge in [-0.2, -0.15) is 4.98 Å². The van der Waals surface area contributed by atoms with Gasteiger partial charge in [0.15, 0.2) is 0 Å². The van der Waals surface area contributed by atoms with Crippen molar-refractivity contribution < 1.29 is 9.63 Å². The molecule has 0 spiro atoms. The zero-order chi connectivity index (χ0) is 14.2. The van der Waals surface area contributed by atoms with Crippen LogP contribution in [0.1, 0.15) is 18.7 Å². The maximum Gasteiger partial charge on any atom is 0.259 e. The molecule has 0 unspecified atom stereocenters. The second-order valence-corrected chi connectivity index (χ2v) is 6.10. The fraction of sp³-hybridized carbons (Fsp3) is 0.385. The fourth-order valence-corrected chi connectivity index (χ4v) is 2.72. The number of hydrogen-bond donors (Lipinski definition) is 2. The minimum Gasteiger partial charge on any atom is -0.380 e. The van der Waals surface area contributed by atoms with E-state index in [-0.39, 0.29) is 5.89 Å². The van der Waals surface area contributed by atoms with E-state index < -0.39 is 5.60 Å². The number of halogens is 2. The number of rotatable bonds is 2. The zero-order valence-electron chi connectivity index (χ0n) is 10.6. The lowest BCUT2D eigenvalue weighted by Crippen LogP contribution is -2.39. The van der Waals surface area contributed by atoms with E-state index in [1.54, 1.807) is 6.07 Å². The van der Waals surface area contributed by atoms with E-state index in [1.165, 1.54) is 0 Å². The second-order valence-electron chi connectivity index (χ2n) is 4.83. The molecule has 0 saturated carbocycles. The molecule has 0 bridgehead atoms. The van der Waals surface area contributed by atoms with Gasteiger partial charge in [0.1, 0.15) is 5.60 Å². The molecule has 1 aromatic carbocycles. The summed E-state index contributed by atoms with van der Waals surface area (Å²) in [6, 6.07) is 5.40. The summed E-state index contributed by atoms with van der Waals surface area (Å²) in [6.45, 7) is 1.47. The lowest BCUT2D eigenvalue weighted by atomic mass is 9.92. The lowest BCUT2D eigenvalue weighted by Gasteiger charge is -2.28. The number of aromatic nitrogens is 2. The summed E-state index contributed by atoms with van der Waals surface area (Å²) < 4.78 is 6.01. The molecular formula is C13H13BrClN3O2. The van der Waals surface area contributed by atoms with Crippen LogP contribution in [0.4, 0.5) is 0 Å². The van der Waals surface area contributed by atoms with Crippen molar-refractivity contribution in [3.05, 3.63) is 33.6 Å². The summed E-state index contributed by atoms with van der Waals surface area (Å²) in [7, 11) is 0. The summed E-state index contributed by atoms with van der Waals surface area (Å²) in [5, 5.41) is 18.3. The van der Waals surface area contributed by atoms with Gasteiger partial charge < -0.3 is 14.9 Å². The van der Waals surface area contributed by atoms with Gasteiger partial charge in [-0.3, -0.25) is 0 Å². The Labute approximate surface area is 129 Å². The normalized spacial score (nSPS) is 18.1. The highest BCUT2D eigenvalue weighted by Crippen LogP contribution is 2.32. The molecule has 0 amide bonds. The van der Waals surface area contributed by atoms with Crippen LogP contribution in [0.3, 0.4) is 0 Å². The number of hydrogen-bond acceptors (Lipinski definition) is 5. The number of aliphatic hydroxyl groups is 1. The van der Waals surface area contributed by atoms with Crippen LogP contribution in [0.2, 0.25) is 5.02 Å². The fourth-order valence-electron chi connectivity index (χ4n) is 2.22. The maximum absolute atomic E-state index is 10.5. The molecule has 20 heavy (non-hydrogen) atoms. The molecular weight excluding hydrogens is 346 g/mol. The van der Waals surface area contributed by atoms with Crippen LogP contribution in [-0.2, 0) is 5.60 Å². The van der Waals surface area contributed by atoms with Crippen molar-refractivity contribution in [1.29, 1.82) is 0 Å². The van der Waals surface area contributed by atoms with Gasteiger partial charge in [0, 0.05) is 10.0 Å². The Morgan fingerprint density at radius 1 is 1.35 bits per heavy atom. The van der Waals surface area contributed by atoms with Gasteiger partial charge >= 0.3 is 0 Å². The SMILES string of the molecule is OC1(c2nc(-c3ccc(Cl)c(Br)c3)no2)CCNCC1. The first kappa shape index (κ1) is 14.0.